The van der Waals surface area contributed by atoms with Crippen molar-refractivity contribution in [2.45, 2.75) is 103 Å². The summed E-state index contributed by atoms with van der Waals surface area (Å²) in [6.07, 6.45) is -16.0. The van der Waals surface area contributed by atoms with E-state index in [-0.39, 0.29) is 0 Å². The molecule has 0 aromatic rings. The number of rotatable bonds is 10. The fourth-order valence-corrected chi connectivity index (χ4v) is 4.30. The summed E-state index contributed by atoms with van der Waals surface area (Å²) in [6, 6.07) is 0. The average molecular weight is 595 g/mol. The molecule has 0 radical (unpaired) electrons. The lowest BCUT2D eigenvalue weighted by Gasteiger charge is -2.48. The second-order valence-electron chi connectivity index (χ2n) is 9.06. The van der Waals surface area contributed by atoms with Crippen molar-refractivity contribution in [3.05, 3.63) is 0 Å². The molecule has 0 amide bonds. The predicted octanol–water partition coefficient (Wildman–Crippen LogP) is -1.97. The van der Waals surface area contributed by atoms with Crippen LogP contribution in [0.1, 0.15) is 41.5 Å². The molecule has 2 rings (SSSR count). The number of aliphatic hydroxyl groups excluding tert-OH is 2. The summed E-state index contributed by atoms with van der Waals surface area (Å²) in [5, 5.41) is 20.4. The van der Waals surface area contributed by atoms with E-state index in [1.165, 1.54) is 0 Å². The van der Waals surface area contributed by atoms with E-state index < -0.39 is 110 Å². The Hall–Kier alpha value is -3.38. The van der Waals surface area contributed by atoms with Crippen LogP contribution in [0.2, 0.25) is 0 Å². The van der Waals surface area contributed by atoms with Crippen LogP contribution in [0.15, 0.2) is 0 Å². The number of aliphatic hydroxyl groups is 2. The molecule has 0 aromatic heterocycles. The quantitative estimate of drug-likeness (QED) is 0.206. The Morgan fingerprint density at radius 3 is 1.46 bits per heavy atom. The maximum absolute atomic E-state index is 12.1. The van der Waals surface area contributed by atoms with Crippen molar-refractivity contribution in [1.29, 1.82) is 0 Å². The molecule has 2 saturated heterocycles. The minimum atomic E-state index is -1.87. The third-order valence-corrected chi connectivity index (χ3v) is 5.63. The Bertz CT molecular complexity index is 981. The SMILES string of the molecule is CC(=O)OC[C@H]1O[C@H](O[C@H]2[C@H](OC(C)=O)[C@H](OC(C)=O)C(O)O[C@@H]2CO)[C@@H](OC(C)=O)[C@@H](OC(C)=O)[C@@H]1OC(C)=O. The van der Waals surface area contributed by atoms with E-state index >= 15 is 0 Å². The standard InChI is InChI=1S/C24H34O17/c1-9(26)33-8-16-18(34-10(2)27)20(36-12(4)29)22(38-14(6)31)24(40-16)41-17-15(7-25)39-23(32)21(37-13(5)30)19(17)35-11(3)28/h15-25,32H,7-8H2,1-6H3/t15-,16-,17-,18-,19+,20+,21+,22+,23?,24-/m1/s1. The van der Waals surface area contributed by atoms with Crippen LogP contribution in [0.4, 0.5) is 0 Å². The number of hydrogen-bond acceptors (Lipinski definition) is 17. The highest BCUT2D eigenvalue weighted by molar-refractivity contribution is 5.69. The molecule has 0 bridgehead atoms. The number of ether oxygens (including phenoxy) is 9. The molecule has 41 heavy (non-hydrogen) atoms. The molecule has 0 spiro atoms. The van der Waals surface area contributed by atoms with Gasteiger partial charge in [0.15, 0.2) is 43.1 Å². The highest BCUT2D eigenvalue weighted by atomic mass is 16.8. The summed E-state index contributed by atoms with van der Waals surface area (Å²) in [6.45, 7) is 4.85. The predicted molar refractivity (Wildman–Crippen MR) is 126 cm³/mol. The fraction of sp³-hybridized carbons (Fsp3) is 0.750. The highest BCUT2D eigenvalue weighted by Gasteiger charge is 2.57. The molecule has 2 heterocycles. The van der Waals surface area contributed by atoms with E-state index in [2.05, 4.69) is 0 Å². The van der Waals surface area contributed by atoms with Gasteiger partial charge in [-0.2, -0.15) is 0 Å². The van der Waals surface area contributed by atoms with E-state index in [9.17, 15) is 39.0 Å². The Morgan fingerprint density at radius 2 is 1.00 bits per heavy atom. The van der Waals surface area contributed by atoms with Gasteiger partial charge in [-0.15, -0.1) is 0 Å². The van der Waals surface area contributed by atoms with Gasteiger partial charge in [-0.05, 0) is 0 Å². The largest absolute Gasteiger partial charge is 0.463 e. The van der Waals surface area contributed by atoms with Gasteiger partial charge in [0.05, 0.1) is 6.61 Å². The van der Waals surface area contributed by atoms with Gasteiger partial charge < -0.3 is 52.8 Å². The Balaban J connectivity index is 2.60. The number of carbonyl (C=O) groups is 6. The molecule has 0 saturated carbocycles. The second kappa shape index (κ2) is 15.0. The molecule has 0 aromatic carbocycles. The zero-order chi connectivity index (χ0) is 31.0. The normalized spacial score (nSPS) is 33.1. The van der Waals surface area contributed by atoms with Crippen LogP contribution in [-0.4, -0.2) is 121 Å². The topological polar surface area (TPSA) is 226 Å². The molecule has 232 valence electrons. The van der Waals surface area contributed by atoms with Crippen molar-refractivity contribution in [3.8, 4) is 0 Å². The molecule has 2 N–H and O–H groups in total. The molecule has 0 aliphatic carbocycles. The first kappa shape index (κ1) is 33.8. The average Bonchev–Trinajstić information content (AvgIpc) is 2.83. The van der Waals surface area contributed by atoms with Gasteiger partial charge in [0.2, 0.25) is 0 Å². The van der Waals surface area contributed by atoms with Crippen molar-refractivity contribution >= 4 is 35.8 Å². The van der Waals surface area contributed by atoms with Gasteiger partial charge in [-0.3, -0.25) is 28.8 Å². The molecule has 2 aliphatic heterocycles. The van der Waals surface area contributed by atoms with E-state index in [1.54, 1.807) is 0 Å². The van der Waals surface area contributed by atoms with E-state index in [0.717, 1.165) is 41.5 Å². The van der Waals surface area contributed by atoms with Crippen LogP contribution in [0.5, 0.6) is 0 Å². The molecular formula is C24H34O17. The Labute approximate surface area is 234 Å². The summed E-state index contributed by atoms with van der Waals surface area (Å²) >= 11 is 0. The lowest BCUT2D eigenvalue weighted by atomic mass is 9.96. The van der Waals surface area contributed by atoms with Gasteiger partial charge >= 0.3 is 35.8 Å². The van der Waals surface area contributed by atoms with Gasteiger partial charge in [-0.25, -0.2) is 0 Å². The molecule has 2 aliphatic rings. The van der Waals surface area contributed by atoms with Crippen LogP contribution in [0.3, 0.4) is 0 Å². The van der Waals surface area contributed by atoms with Gasteiger partial charge in [-0.1, -0.05) is 0 Å². The fourth-order valence-electron chi connectivity index (χ4n) is 4.30. The van der Waals surface area contributed by atoms with Crippen molar-refractivity contribution in [3.63, 3.8) is 0 Å². The highest BCUT2D eigenvalue weighted by Crippen LogP contribution is 2.34. The second-order valence-corrected chi connectivity index (χ2v) is 9.06. The van der Waals surface area contributed by atoms with Crippen LogP contribution < -0.4 is 0 Å². The summed E-state index contributed by atoms with van der Waals surface area (Å²) < 4.78 is 48.5. The van der Waals surface area contributed by atoms with Crippen LogP contribution in [-0.2, 0) is 71.4 Å². The van der Waals surface area contributed by atoms with Gasteiger partial charge in [0.1, 0.15) is 24.9 Å². The number of hydrogen-bond donors (Lipinski definition) is 2. The summed E-state index contributed by atoms with van der Waals surface area (Å²) in [7, 11) is 0. The monoisotopic (exact) mass is 594 g/mol. The maximum Gasteiger partial charge on any atom is 0.303 e. The number of esters is 6. The Kier molecular flexibility index (Phi) is 12.4. The van der Waals surface area contributed by atoms with E-state index in [4.69, 9.17) is 42.6 Å². The van der Waals surface area contributed by atoms with Crippen molar-refractivity contribution in [1.82, 2.24) is 0 Å². The summed E-state index contributed by atoms with van der Waals surface area (Å²) in [5.74, 6) is -5.17. The molecule has 10 atom stereocenters. The van der Waals surface area contributed by atoms with E-state index in [0.29, 0.717) is 0 Å². The minimum Gasteiger partial charge on any atom is -0.463 e. The molecule has 1 unspecified atom stereocenters. The van der Waals surface area contributed by atoms with Crippen molar-refractivity contribution in [2.75, 3.05) is 13.2 Å². The lowest BCUT2D eigenvalue weighted by Crippen LogP contribution is -2.67. The first-order valence-electron chi connectivity index (χ1n) is 12.4. The summed E-state index contributed by atoms with van der Waals surface area (Å²) in [4.78, 5) is 71.2. The van der Waals surface area contributed by atoms with Gasteiger partial charge in [0.25, 0.3) is 0 Å². The lowest BCUT2D eigenvalue weighted by molar-refractivity contribution is -0.357. The van der Waals surface area contributed by atoms with Crippen molar-refractivity contribution in [2.24, 2.45) is 0 Å². The molecular weight excluding hydrogens is 560 g/mol. The van der Waals surface area contributed by atoms with Crippen LogP contribution in [0, 0.1) is 0 Å². The van der Waals surface area contributed by atoms with Crippen molar-refractivity contribution < 1.29 is 81.6 Å². The third kappa shape index (κ3) is 9.60. The first-order valence-corrected chi connectivity index (χ1v) is 12.4. The van der Waals surface area contributed by atoms with Crippen LogP contribution >= 0.6 is 0 Å². The smallest absolute Gasteiger partial charge is 0.303 e. The van der Waals surface area contributed by atoms with Crippen LogP contribution in [0.25, 0.3) is 0 Å². The van der Waals surface area contributed by atoms with Gasteiger partial charge in [0, 0.05) is 41.5 Å². The third-order valence-electron chi connectivity index (χ3n) is 5.63. The zero-order valence-electron chi connectivity index (χ0n) is 23.2. The summed E-state index contributed by atoms with van der Waals surface area (Å²) in [5.41, 5.74) is 0. The number of carbonyl (C=O) groups excluding carboxylic acids is 6. The maximum atomic E-state index is 12.1. The molecule has 17 nitrogen and oxygen atoms in total. The molecule has 17 heteroatoms. The minimum absolute atomic E-state index is 0.551. The first-order chi connectivity index (χ1) is 19.1. The molecule has 2 fully saturated rings. The zero-order valence-corrected chi connectivity index (χ0v) is 23.2. The Morgan fingerprint density at radius 1 is 0.561 bits per heavy atom. The van der Waals surface area contributed by atoms with E-state index in [1.807, 2.05) is 0 Å².